The predicted octanol–water partition coefficient (Wildman–Crippen LogP) is 3.38. The molecule has 0 aliphatic carbocycles. The van der Waals surface area contributed by atoms with E-state index in [1.54, 1.807) is 0 Å². The van der Waals surface area contributed by atoms with Crippen molar-refractivity contribution in [3.05, 3.63) is 21.9 Å². The molecule has 0 bridgehead atoms. The number of aromatic nitrogens is 1. The molecule has 0 aliphatic rings. The predicted molar refractivity (Wildman–Crippen MR) is 46.3 cm³/mol. The first-order valence-electron chi connectivity index (χ1n) is 3.54. The van der Waals surface area contributed by atoms with Crippen LogP contribution in [0, 0.1) is 0 Å². The molecule has 0 aliphatic heterocycles. The van der Waals surface area contributed by atoms with Gasteiger partial charge in [-0.2, -0.15) is 13.2 Å². The first-order valence-corrected chi connectivity index (χ1v) is 4.34. The number of nitrogen functional groups attached to an aromatic ring is 1. The van der Waals surface area contributed by atoms with Crippen molar-refractivity contribution in [3.8, 4) is 0 Å². The van der Waals surface area contributed by atoms with Crippen molar-refractivity contribution < 1.29 is 22.0 Å². The average Bonchev–Trinajstić information content (AvgIpc) is 2.06. The van der Waals surface area contributed by atoms with Gasteiger partial charge in [0, 0.05) is 0 Å². The maximum absolute atomic E-state index is 12.3. The summed E-state index contributed by atoms with van der Waals surface area (Å²) in [6, 6.07) is 0.560. The van der Waals surface area contributed by atoms with Crippen LogP contribution in [-0.4, -0.2) is 4.98 Å². The van der Waals surface area contributed by atoms with E-state index >= 15 is 0 Å². The molecule has 0 atom stereocenters. The first kappa shape index (κ1) is 12.2. The van der Waals surface area contributed by atoms with Crippen LogP contribution in [0.3, 0.4) is 0 Å². The lowest BCUT2D eigenvalue weighted by atomic mass is 10.2. The van der Waals surface area contributed by atoms with Crippen molar-refractivity contribution in [2.24, 2.45) is 0 Å². The fourth-order valence-corrected chi connectivity index (χ4v) is 1.21. The zero-order chi connectivity index (χ0) is 11.8. The summed E-state index contributed by atoms with van der Waals surface area (Å²) >= 11 is 2.64. The van der Waals surface area contributed by atoms with Crippen LogP contribution in [0.2, 0.25) is 0 Å². The Morgan fingerprint density at radius 2 is 1.87 bits per heavy atom. The van der Waals surface area contributed by atoms with E-state index in [0.29, 0.717) is 6.07 Å². The second-order valence-electron chi connectivity index (χ2n) is 2.60. The summed E-state index contributed by atoms with van der Waals surface area (Å²) in [4.78, 5) is 2.95. The third kappa shape index (κ3) is 2.55. The molecule has 15 heavy (non-hydrogen) atoms. The molecule has 8 heteroatoms. The van der Waals surface area contributed by atoms with Gasteiger partial charge >= 0.3 is 6.18 Å². The Labute approximate surface area is 89.4 Å². The minimum absolute atomic E-state index is 0.265. The van der Waals surface area contributed by atoms with Gasteiger partial charge in [-0.1, -0.05) is 0 Å². The van der Waals surface area contributed by atoms with Gasteiger partial charge in [0.1, 0.15) is 4.60 Å². The lowest BCUT2D eigenvalue weighted by molar-refractivity contribution is -0.143. The smallest absolute Gasteiger partial charge is 0.397 e. The van der Waals surface area contributed by atoms with Gasteiger partial charge in [0.05, 0.1) is 11.3 Å². The Kier molecular flexibility index (Phi) is 3.17. The molecule has 1 rings (SSSR count). The van der Waals surface area contributed by atoms with Crippen LogP contribution in [-0.2, 0) is 6.18 Å². The second kappa shape index (κ2) is 3.92. The van der Waals surface area contributed by atoms with E-state index in [1.807, 2.05) is 0 Å². The van der Waals surface area contributed by atoms with E-state index in [4.69, 9.17) is 5.73 Å². The van der Waals surface area contributed by atoms with Crippen LogP contribution in [0.15, 0.2) is 10.7 Å². The minimum atomic E-state index is -4.93. The van der Waals surface area contributed by atoms with E-state index in [9.17, 15) is 22.0 Å². The van der Waals surface area contributed by atoms with Crippen LogP contribution in [0.25, 0.3) is 0 Å². The Bertz CT molecular complexity index is 376. The highest BCUT2D eigenvalue weighted by atomic mass is 79.9. The number of nitrogens with zero attached hydrogens (tertiary/aromatic N) is 1. The van der Waals surface area contributed by atoms with Gasteiger partial charge in [0.25, 0.3) is 6.43 Å². The zero-order valence-electron chi connectivity index (χ0n) is 6.95. The first-order chi connectivity index (χ1) is 6.73. The molecule has 0 saturated carbocycles. The molecule has 0 saturated heterocycles. The fourth-order valence-electron chi connectivity index (χ4n) is 0.916. The number of hydrogen-bond acceptors (Lipinski definition) is 2. The summed E-state index contributed by atoms with van der Waals surface area (Å²) in [7, 11) is 0. The van der Waals surface area contributed by atoms with Crippen LogP contribution in [0.1, 0.15) is 17.7 Å². The number of rotatable bonds is 1. The van der Waals surface area contributed by atoms with Crippen molar-refractivity contribution in [2.45, 2.75) is 12.6 Å². The van der Waals surface area contributed by atoms with E-state index in [-0.39, 0.29) is 10.3 Å². The molecule has 1 heterocycles. The molecule has 0 fully saturated rings. The molecular formula is C7H4BrF5N2. The maximum atomic E-state index is 12.3. The lowest BCUT2D eigenvalue weighted by Gasteiger charge is -2.12. The highest BCUT2D eigenvalue weighted by molar-refractivity contribution is 9.10. The summed E-state index contributed by atoms with van der Waals surface area (Å²) in [5.41, 5.74) is 2.05. The average molecular weight is 291 g/mol. The summed E-state index contributed by atoms with van der Waals surface area (Å²) in [6.07, 6.45) is -8.20. The van der Waals surface area contributed by atoms with Gasteiger partial charge in [-0.3, -0.25) is 0 Å². The molecule has 0 spiro atoms. The molecule has 2 N–H and O–H groups in total. The lowest BCUT2D eigenvalue weighted by Crippen LogP contribution is -2.13. The Hall–Kier alpha value is -0.920. The van der Waals surface area contributed by atoms with Gasteiger partial charge in [-0.05, 0) is 22.0 Å². The standard InChI is InChI=1S/C7H4BrF5N2/c8-5-3(14)1-2(6(9)10)4(15-5)7(11,12)13/h1,6H,14H2. The monoisotopic (exact) mass is 290 g/mol. The maximum Gasteiger partial charge on any atom is 0.433 e. The zero-order valence-corrected chi connectivity index (χ0v) is 8.53. The summed E-state index contributed by atoms with van der Waals surface area (Å²) < 4.78 is 61.0. The van der Waals surface area contributed by atoms with Crippen molar-refractivity contribution in [2.75, 3.05) is 5.73 Å². The summed E-state index contributed by atoms with van der Waals surface area (Å²) in [5.74, 6) is 0. The van der Waals surface area contributed by atoms with E-state index < -0.39 is 23.9 Å². The van der Waals surface area contributed by atoms with Gasteiger partial charge in [-0.15, -0.1) is 0 Å². The molecular weight excluding hydrogens is 287 g/mol. The molecule has 2 nitrogen and oxygen atoms in total. The summed E-state index contributed by atoms with van der Waals surface area (Å²) in [5, 5.41) is 0. The van der Waals surface area contributed by atoms with Crippen LogP contribution in [0.4, 0.5) is 27.6 Å². The third-order valence-corrected chi connectivity index (χ3v) is 2.17. The van der Waals surface area contributed by atoms with Gasteiger partial charge in [0.15, 0.2) is 5.69 Å². The third-order valence-electron chi connectivity index (χ3n) is 1.54. The summed E-state index contributed by atoms with van der Waals surface area (Å²) in [6.45, 7) is 0. The SMILES string of the molecule is Nc1cc(C(F)F)c(C(F)(F)F)nc1Br. The molecule has 0 radical (unpaired) electrons. The number of halogens is 6. The molecule has 0 amide bonds. The number of anilines is 1. The number of nitrogens with two attached hydrogens (primary N) is 1. The van der Waals surface area contributed by atoms with Crippen molar-refractivity contribution in [1.82, 2.24) is 4.98 Å². The minimum Gasteiger partial charge on any atom is -0.397 e. The van der Waals surface area contributed by atoms with Crippen LogP contribution in [0.5, 0.6) is 0 Å². The largest absolute Gasteiger partial charge is 0.433 e. The van der Waals surface area contributed by atoms with Gasteiger partial charge in [0.2, 0.25) is 0 Å². The molecule has 84 valence electrons. The number of hydrogen-bond donors (Lipinski definition) is 1. The second-order valence-corrected chi connectivity index (χ2v) is 3.36. The molecule has 1 aromatic heterocycles. The number of alkyl halides is 5. The van der Waals surface area contributed by atoms with Crippen LogP contribution >= 0.6 is 15.9 Å². The van der Waals surface area contributed by atoms with Gasteiger partial charge < -0.3 is 5.73 Å². The van der Waals surface area contributed by atoms with Crippen molar-refractivity contribution >= 4 is 21.6 Å². The molecule has 1 aromatic rings. The Morgan fingerprint density at radius 1 is 1.33 bits per heavy atom. The normalized spacial score (nSPS) is 12.2. The molecule has 0 unspecified atom stereocenters. The van der Waals surface area contributed by atoms with E-state index in [0.717, 1.165) is 0 Å². The van der Waals surface area contributed by atoms with Gasteiger partial charge in [-0.25, -0.2) is 13.8 Å². The van der Waals surface area contributed by atoms with Crippen molar-refractivity contribution in [1.29, 1.82) is 0 Å². The topological polar surface area (TPSA) is 38.9 Å². The van der Waals surface area contributed by atoms with E-state index in [1.165, 1.54) is 0 Å². The highest BCUT2D eigenvalue weighted by Gasteiger charge is 2.38. The quantitative estimate of drug-likeness (QED) is 0.636. The Balaban J connectivity index is 3.42. The molecule has 0 aromatic carbocycles. The Morgan fingerprint density at radius 3 is 2.27 bits per heavy atom. The van der Waals surface area contributed by atoms with E-state index in [2.05, 4.69) is 20.9 Å². The van der Waals surface area contributed by atoms with Crippen LogP contribution < -0.4 is 5.73 Å². The highest BCUT2D eigenvalue weighted by Crippen LogP contribution is 2.37. The fraction of sp³-hybridized carbons (Fsp3) is 0.286. The van der Waals surface area contributed by atoms with Crippen molar-refractivity contribution in [3.63, 3.8) is 0 Å². The number of pyridine rings is 1.